The Kier molecular flexibility index (Phi) is 5.18. The standard InChI is InChI=1S/C11H23NS/c1-3-12(7-10(2)9-13)8-11-5-4-6-11/h10-11,13H,3-9H2,1-2H3. The lowest BCUT2D eigenvalue weighted by molar-refractivity contribution is 0.171. The van der Waals surface area contributed by atoms with E-state index in [1.807, 2.05) is 0 Å². The number of rotatable bonds is 6. The van der Waals surface area contributed by atoms with Crippen molar-refractivity contribution in [2.24, 2.45) is 11.8 Å². The van der Waals surface area contributed by atoms with E-state index < -0.39 is 0 Å². The lowest BCUT2D eigenvalue weighted by atomic mass is 9.85. The molecule has 0 heterocycles. The van der Waals surface area contributed by atoms with Gasteiger partial charge in [-0.3, -0.25) is 0 Å². The molecule has 0 amide bonds. The topological polar surface area (TPSA) is 3.24 Å². The summed E-state index contributed by atoms with van der Waals surface area (Å²) in [7, 11) is 0. The normalized spacial score (nSPS) is 20.3. The number of thiol groups is 1. The maximum Gasteiger partial charge on any atom is 0.00148 e. The molecule has 0 spiro atoms. The minimum Gasteiger partial charge on any atom is -0.303 e. The van der Waals surface area contributed by atoms with Gasteiger partial charge in [0.2, 0.25) is 0 Å². The smallest absolute Gasteiger partial charge is 0.00148 e. The van der Waals surface area contributed by atoms with Gasteiger partial charge in [0, 0.05) is 13.1 Å². The molecule has 1 rings (SSSR count). The predicted molar refractivity (Wildman–Crippen MR) is 62.5 cm³/mol. The molecule has 1 atom stereocenters. The average molecular weight is 201 g/mol. The van der Waals surface area contributed by atoms with Crippen LogP contribution in [0.3, 0.4) is 0 Å². The summed E-state index contributed by atoms with van der Waals surface area (Å²) < 4.78 is 0. The van der Waals surface area contributed by atoms with Crippen molar-refractivity contribution in [1.82, 2.24) is 4.90 Å². The molecule has 1 nitrogen and oxygen atoms in total. The fraction of sp³-hybridized carbons (Fsp3) is 1.00. The second kappa shape index (κ2) is 5.92. The lowest BCUT2D eigenvalue weighted by Crippen LogP contribution is -2.35. The fourth-order valence-corrected chi connectivity index (χ4v) is 1.99. The van der Waals surface area contributed by atoms with E-state index in [1.54, 1.807) is 0 Å². The Bertz CT molecular complexity index is 127. The summed E-state index contributed by atoms with van der Waals surface area (Å²) >= 11 is 4.33. The zero-order valence-corrected chi connectivity index (χ0v) is 9.89. The molecule has 2 heteroatoms. The van der Waals surface area contributed by atoms with Gasteiger partial charge in [0.1, 0.15) is 0 Å². The molecule has 0 aromatic heterocycles. The molecular weight excluding hydrogens is 178 g/mol. The summed E-state index contributed by atoms with van der Waals surface area (Å²) in [6.45, 7) is 8.32. The first-order chi connectivity index (χ1) is 6.26. The molecule has 1 aliphatic rings. The van der Waals surface area contributed by atoms with E-state index in [0.29, 0.717) is 0 Å². The third-order valence-electron chi connectivity index (χ3n) is 3.07. The first kappa shape index (κ1) is 11.4. The number of hydrogen-bond acceptors (Lipinski definition) is 2. The van der Waals surface area contributed by atoms with E-state index in [4.69, 9.17) is 0 Å². The second-order valence-corrected chi connectivity index (χ2v) is 4.80. The highest BCUT2D eigenvalue weighted by Gasteiger charge is 2.20. The average Bonchev–Trinajstić information content (AvgIpc) is 2.08. The highest BCUT2D eigenvalue weighted by atomic mass is 32.1. The van der Waals surface area contributed by atoms with E-state index in [0.717, 1.165) is 17.6 Å². The van der Waals surface area contributed by atoms with Crippen molar-refractivity contribution >= 4 is 12.6 Å². The van der Waals surface area contributed by atoms with E-state index in [9.17, 15) is 0 Å². The summed E-state index contributed by atoms with van der Waals surface area (Å²) in [5.41, 5.74) is 0. The maximum absolute atomic E-state index is 4.33. The van der Waals surface area contributed by atoms with Crippen molar-refractivity contribution in [1.29, 1.82) is 0 Å². The summed E-state index contributed by atoms with van der Waals surface area (Å²) in [4.78, 5) is 2.59. The molecule has 13 heavy (non-hydrogen) atoms. The van der Waals surface area contributed by atoms with Gasteiger partial charge in [0.15, 0.2) is 0 Å². The van der Waals surface area contributed by atoms with E-state index in [1.165, 1.54) is 38.9 Å². The second-order valence-electron chi connectivity index (χ2n) is 4.44. The van der Waals surface area contributed by atoms with Crippen LogP contribution in [0.4, 0.5) is 0 Å². The van der Waals surface area contributed by atoms with Gasteiger partial charge >= 0.3 is 0 Å². The Hall–Kier alpha value is 0.310. The molecule has 0 saturated heterocycles. The summed E-state index contributed by atoms with van der Waals surface area (Å²) in [5.74, 6) is 2.76. The predicted octanol–water partition coefficient (Wildman–Crippen LogP) is 2.67. The Morgan fingerprint density at radius 2 is 2.15 bits per heavy atom. The molecule has 0 aliphatic heterocycles. The van der Waals surface area contributed by atoms with Gasteiger partial charge in [-0.1, -0.05) is 20.3 Å². The van der Waals surface area contributed by atoms with Crippen LogP contribution in [-0.4, -0.2) is 30.3 Å². The zero-order chi connectivity index (χ0) is 9.68. The molecule has 0 N–H and O–H groups in total. The Labute approximate surface area is 88.3 Å². The van der Waals surface area contributed by atoms with Gasteiger partial charge in [0.25, 0.3) is 0 Å². The van der Waals surface area contributed by atoms with Gasteiger partial charge in [-0.2, -0.15) is 12.6 Å². The van der Waals surface area contributed by atoms with Gasteiger partial charge in [0.05, 0.1) is 0 Å². The van der Waals surface area contributed by atoms with Crippen LogP contribution < -0.4 is 0 Å². The molecule has 0 aromatic rings. The van der Waals surface area contributed by atoms with Crippen molar-refractivity contribution in [3.05, 3.63) is 0 Å². The van der Waals surface area contributed by atoms with Gasteiger partial charge in [-0.15, -0.1) is 0 Å². The molecule has 1 unspecified atom stereocenters. The van der Waals surface area contributed by atoms with Gasteiger partial charge in [-0.25, -0.2) is 0 Å². The molecule has 1 aliphatic carbocycles. The zero-order valence-electron chi connectivity index (χ0n) is 9.00. The van der Waals surface area contributed by atoms with Crippen LogP contribution in [0.25, 0.3) is 0 Å². The Balaban J connectivity index is 2.16. The maximum atomic E-state index is 4.33. The summed E-state index contributed by atoms with van der Waals surface area (Å²) in [6, 6.07) is 0. The molecule has 0 aromatic carbocycles. The SMILES string of the molecule is CCN(CC(C)CS)CC1CCC1. The highest BCUT2D eigenvalue weighted by molar-refractivity contribution is 7.80. The van der Waals surface area contributed by atoms with Crippen molar-refractivity contribution in [2.45, 2.75) is 33.1 Å². The Morgan fingerprint density at radius 3 is 2.54 bits per heavy atom. The van der Waals surface area contributed by atoms with Crippen LogP contribution in [0.2, 0.25) is 0 Å². The van der Waals surface area contributed by atoms with E-state index >= 15 is 0 Å². The third-order valence-corrected chi connectivity index (χ3v) is 3.69. The quantitative estimate of drug-likeness (QED) is 0.647. The van der Waals surface area contributed by atoms with Crippen LogP contribution in [0.1, 0.15) is 33.1 Å². The monoisotopic (exact) mass is 201 g/mol. The molecule has 1 saturated carbocycles. The molecular formula is C11H23NS. The molecule has 0 bridgehead atoms. The van der Waals surface area contributed by atoms with Crippen LogP contribution >= 0.6 is 12.6 Å². The lowest BCUT2D eigenvalue weighted by Gasteiger charge is -2.32. The summed E-state index contributed by atoms with van der Waals surface area (Å²) in [6.07, 6.45) is 4.39. The first-order valence-electron chi connectivity index (χ1n) is 5.59. The van der Waals surface area contributed by atoms with Gasteiger partial charge in [-0.05, 0) is 37.0 Å². The van der Waals surface area contributed by atoms with E-state index in [-0.39, 0.29) is 0 Å². The minimum absolute atomic E-state index is 0.739. The number of hydrogen-bond donors (Lipinski definition) is 1. The van der Waals surface area contributed by atoms with E-state index in [2.05, 4.69) is 31.4 Å². The van der Waals surface area contributed by atoms with Crippen molar-refractivity contribution in [3.8, 4) is 0 Å². The highest BCUT2D eigenvalue weighted by Crippen LogP contribution is 2.27. The fourth-order valence-electron chi connectivity index (χ4n) is 1.87. The first-order valence-corrected chi connectivity index (χ1v) is 6.22. The van der Waals surface area contributed by atoms with Crippen LogP contribution in [0.15, 0.2) is 0 Å². The largest absolute Gasteiger partial charge is 0.303 e. The molecule has 1 fully saturated rings. The van der Waals surface area contributed by atoms with Crippen LogP contribution in [0.5, 0.6) is 0 Å². The van der Waals surface area contributed by atoms with Gasteiger partial charge < -0.3 is 4.90 Å². The van der Waals surface area contributed by atoms with Crippen LogP contribution in [-0.2, 0) is 0 Å². The Morgan fingerprint density at radius 1 is 1.46 bits per heavy atom. The minimum atomic E-state index is 0.739. The molecule has 0 radical (unpaired) electrons. The summed E-state index contributed by atoms with van der Waals surface area (Å²) in [5, 5.41) is 0. The molecule has 78 valence electrons. The third kappa shape index (κ3) is 3.90. The van der Waals surface area contributed by atoms with Crippen LogP contribution in [0, 0.1) is 11.8 Å². The van der Waals surface area contributed by atoms with Crippen molar-refractivity contribution in [3.63, 3.8) is 0 Å². The van der Waals surface area contributed by atoms with Crippen molar-refractivity contribution < 1.29 is 0 Å². The van der Waals surface area contributed by atoms with Crippen molar-refractivity contribution in [2.75, 3.05) is 25.4 Å². The number of nitrogens with zero attached hydrogens (tertiary/aromatic N) is 1.